The molecule has 230 valence electrons. The summed E-state index contributed by atoms with van der Waals surface area (Å²) in [5.74, 6) is -1.98. The van der Waals surface area contributed by atoms with E-state index in [1.807, 2.05) is 32.9 Å². The lowest BCUT2D eigenvalue weighted by molar-refractivity contribution is -0.129. The Hall–Kier alpha value is -2.89. The maximum absolute atomic E-state index is 14.0. The lowest BCUT2D eigenvalue weighted by Gasteiger charge is -2.35. The summed E-state index contributed by atoms with van der Waals surface area (Å²) in [6.45, 7) is 8.00. The standard InChI is InChI=1S/C31H42F2N4O4S/c1-4-5-11-36-19-24(16-30(36)38)31(39)35-27(15-22-13-25(32)17-26(33)14-22)18-28-20-37(12-10-34-28)42(40,41)29-8-6-23(7-9-29)21(2)3/h6-9,13-14,17,21,24,27-28,34H,4-5,10-12,15-16,18-20H2,1-3H3,(H,35,39)/t24?,27?,28-/m0/s1. The molecule has 0 radical (unpaired) electrons. The van der Waals surface area contributed by atoms with Crippen molar-refractivity contribution in [3.63, 3.8) is 0 Å². The number of carbonyl (C=O) groups is 2. The summed E-state index contributed by atoms with van der Waals surface area (Å²) >= 11 is 0. The van der Waals surface area contributed by atoms with Gasteiger partial charge in [0.1, 0.15) is 11.6 Å². The van der Waals surface area contributed by atoms with Gasteiger partial charge < -0.3 is 15.5 Å². The number of nitrogens with one attached hydrogen (secondary N) is 2. The maximum Gasteiger partial charge on any atom is 0.243 e. The van der Waals surface area contributed by atoms with E-state index in [1.165, 1.54) is 16.4 Å². The van der Waals surface area contributed by atoms with Crippen LogP contribution in [-0.2, 0) is 26.0 Å². The largest absolute Gasteiger partial charge is 0.353 e. The molecule has 2 aliphatic rings. The Morgan fingerprint density at radius 1 is 1.10 bits per heavy atom. The number of likely N-dealkylation sites (tertiary alicyclic amines) is 1. The number of nitrogens with zero attached hydrogens (tertiary/aromatic N) is 2. The number of carbonyl (C=O) groups excluding carboxylic acids is 2. The van der Waals surface area contributed by atoms with Gasteiger partial charge in [0.15, 0.2) is 0 Å². The van der Waals surface area contributed by atoms with Crippen LogP contribution in [0, 0.1) is 17.6 Å². The maximum atomic E-state index is 14.0. The van der Waals surface area contributed by atoms with E-state index >= 15 is 0 Å². The topological polar surface area (TPSA) is 98.8 Å². The molecular weight excluding hydrogens is 562 g/mol. The van der Waals surface area contributed by atoms with E-state index in [0.717, 1.165) is 24.5 Å². The zero-order chi connectivity index (χ0) is 30.4. The van der Waals surface area contributed by atoms with Crippen molar-refractivity contribution in [2.24, 2.45) is 5.92 Å². The molecule has 8 nitrogen and oxygen atoms in total. The van der Waals surface area contributed by atoms with E-state index in [2.05, 4.69) is 10.6 Å². The molecule has 2 unspecified atom stereocenters. The van der Waals surface area contributed by atoms with Crippen molar-refractivity contribution in [1.82, 2.24) is 19.8 Å². The van der Waals surface area contributed by atoms with Gasteiger partial charge in [-0.25, -0.2) is 17.2 Å². The van der Waals surface area contributed by atoms with Crippen LogP contribution in [0.5, 0.6) is 0 Å². The van der Waals surface area contributed by atoms with Gasteiger partial charge in [0, 0.05) is 57.3 Å². The van der Waals surface area contributed by atoms with Crippen LogP contribution in [0.3, 0.4) is 0 Å². The summed E-state index contributed by atoms with van der Waals surface area (Å²) in [6.07, 6.45) is 2.42. The third kappa shape index (κ3) is 8.14. The van der Waals surface area contributed by atoms with Gasteiger partial charge in [-0.3, -0.25) is 9.59 Å². The number of benzene rings is 2. The SMILES string of the molecule is CCCCN1CC(C(=O)NC(Cc2cc(F)cc(F)c2)C[C@H]2CN(S(=O)(=O)c3ccc(C(C)C)cc3)CCN2)CC1=O. The summed E-state index contributed by atoms with van der Waals surface area (Å²) in [4.78, 5) is 27.7. The number of unbranched alkanes of at least 4 members (excludes halogenated alkanes) is 1. The molecule has 2 N–H and O–H groups in total. The van der Waals surface area contributed by atoms with E-state index in [-0.39, 0.29) is 48.1 Å². The van der Waals surface area contributed by atoms with Crippen molar-refractivity contribution < 1.29 is 26.8 Å². The third-order valence-electron chi connectivity index (χ3n) is 8.09. The number of amides is 2. The molecule has 2 amide bonds. The third-order valence-corrected chi connectivity index (χ3v) is 9.97. The first-order valence-corrected chi connectivity index (χ1v) is 16.3. The van der Waals surface area contributed by atoms with Crippen LogP contribution >= 0.6 is 0 Å². The van der Waals surface area contributed by atoms with Crippen molar-refractivity contribution >= 4 is 21.8 Å². The number of hydrogen-bond donors (Lipinski definition) is 2. The molecule has 3 atom stereocenters. The number of hydrogen-bond acceptors (Lipinski definition) is 5. The molecule has 0 bridgehead atoms. The molecule has 2 aromatic carbocycles. The quantitative estimate of drug-likeness (QED) is 0.384. The molecule has 0 aromatic heterocycles. The summed E-state index contributed by atoms with van der Waals surface area (Å²) in [5.41, 5.74) is 1.44. The molecule has 2 aromatic rings. The van der Waals surface area contributed by atoms with E-state index < -0.39 is 33.6 Å². The fourth-order valence-electron chi connectivity index (χ4n) is 5.73. The van der Waals surface area contributed by atoms with Crippen LogP contribution in [0.4, 0.5) is 8.78 Å². The van der Waals surface area contributed by atoms with Crippen LogP contribution in [0.1, 0.15) is 63.5 Å². The minimum Gasteiger partial charge on any atom is -0.353 e. The van der Waals surface area contributed by atoms with Crippen molar-refractivity contribution in [2.75, 3.05) is 32.7 Å². The second kappa shape index (κ2) is 14.1. The van der Waals surface area contributed by atoms with Crippen molar-refractivity contribution in [1.29, 1.82) is 0 Å². The fraction of sp³-hybridized carbons (Fsp3) is 0.548. The first-order valence-electron chi connectivity index (χ1n) is 14.8. The molecule has 0 aliphatic carbocycles. The molecule has 0 spiro atoms. The molecule has 0 saturated carbocycles. The molecule has 2 fully saturated rings. The highest BCUT2D eigenvalue weighted by Gasteiger charge is 2.36. The van der Waals surface area contributed by atoms with Crippen LogP contribution < -0.4 is 10.6 Å². The highest BCUT2D eigenvalue weighted by atomic mass is 32.2. The van der Waals surface area contributed by atoms with Crippen molar-refractivity contribution in [2.45, 2.75) is 75.8 Å². The van der Waals surface area contributed by atoms with E-state index in [1.54, 1.807) is 17.0 Å². The van der Waals surface area contributed by atoms with Gasteiger partial charge >= 0.3 is 0 Å². The van der Waals surface area contributed by atoms with Gasteiger partial charge in [0.05, 0.1) is 10.8 Å². The highest BCUT2D eigenvalue weighted by Crippen LogP contribution is 2.23. The molecule has 2 aliphatic heterocycles. The summed E-state index contributed by atoms with van der Waals surface area (Å²) in [7, 11) is -3.74. The van der Waals surface area contributed by atoms with Crippen LogP contribution in [0.25, 0.3) is 0 Å². The van der Waals surface area contributed by atoms with E-state index in [0.29, 0.717) is 38.2 Å². The number of sulfonamides is 1. The normalized spacial score (nSPS) is 20.7. The van der Waals surface area contributed by atoms with Gasteiger partial charge in [-0.2, -0.15) is 4.31 Å². The Labute approximate surface area is 247 Å². The van der Waals surface area contributed by atoms with Crippen LogP contribution in [0.15, 0.2) is 47.4 Å². The molecule has 42 heavy (non-hydrogen) atoms. The van der Waals surface area contributed by atoms with Crippen molar-refractivity contribution in [3.05, 3.63) is 65.2 Å². The highest BCUT2D eigenvalue weighted by molar-refractivity contribution is 7.89. The number of rotatable bonds is 12. The molecule has 2 heterocycles. The van der Waals surface area contributed by atoms with Gasteiger partial charge in [-0.1, -0.05) is 39.3 Å². The predicted octanol–water partition coefficient (Wildman–Crippen LogP) is 3.82. The van der Waals surface area contributed by atoms with E-state index in [4.69, 9.17) is 0 Å². The monoisotopic (exact) mass is 604 g/mol. The first-order chi connectivity index (χ1) is 20.0. The Kier molecular flexibility index (Phi) is 10.7. The van der Waals surface area contributed by atoms with Gasteiger partial charge in [-0.05, 0) is 60.6 Å². The zero-order valence-corrected chi connectivity index (χ0v) is 25.4. The first kappa shape index (κ1) is 32.0. The molecular formula is C31H42F2N4O4S. The Morgan fingerprint density at radius 2 is 1.79 bits per heavy atom. The lowest BCUT2D eigenvalue weighted by atomic mass is 9.97. The summed E-state index contributed by atoms with van der Waals surface area (Å²) in [5, 5.41) is 6.37. The van der Waals surface area contributed by atoms with Gasteiger partial charge in [-0.15, -0.1) is 0 Å². The lowest BCUT2D eigenvalue weighted by Crippen LogP contribution is -2.55. The van der Waals surface area contributed by atoms with Gasteiger partial charge in [0.2, 0.25) is 21.8 Å². The van der Waals surface area contributed by atoms with Crippen LogP contribution in [-0.4, -0.2) is 74.2 Å². The molecule has 2 saturated heterocycles. The molecule has 4 rings (SSSR count). The van der Waals surface area contributed by atoms with E-state index in [9.17, 15) is 26.8 Å². The Balaban J connectivity index is 1.48. The van der Waals surface area contributed by atoms with Crippen LogP contribution in [0.2, 0.25) is 0 Å². The minimum absolute atomic E-state index is 0.0522. The zero-order valence-electron chi connectivity index (χ0n) is 24.6. The second-order valence-corrected chi connectivity index (χ2v) is 13.7. The molecule has 11 heteroatoms. The summed E-state index contributed by atoms with van der Waals surface area (Å²) < 4.78 is 56.3. The summed E-state index contributed by atoms with van der Waals surface area (Å²) in [6, 6.07) is 9.36. The average Bonchev–Trinajstić information content (AvgIpc) is 3.31. The Morgan fingerprint density at radius 3 is 2.43 bits per heavy atom. The minimum atomic E-state index is -3.74. The Bertz CT molecular complexity index is 1330. The fourth-order valence-corrected chi connectivity index (χ4v) is 7.21. The predicted molar refractivity (Wildman–Crippen MR) is 157 cm³/mol. The number of halogens is 2. The van der Waals surface area contributed by atoms with Crippen molar-refractivity contribution in [3.8, 4) is 0 Å². The average molecular weight is 605 g/mol. The smallest absolute Gasteiger partial charge is 0.243 e. The second-order valence-electron chi connectivity index (χ2n) is 11.8. The van der Waals surface area contributed by atoms with Gasteiger partial charge in [0.25, 0.3) is 0 Å². The number of piperazine rings is 1.